The van der Waals surface area contributed by atoms with Crippen LogP contribution in [0.5, 0.6) is 0 Å². The van der Waals surface area contributed by atoms with Crippen LogP contribution in [0.1, 0.15) is 18.4 Å². The van der Waals surface area contributed by atoms with E-state index in [1.807, 2.05) is 0 Å². The second kappa shape index (κ2) is 5.48. The third-order valence-electron chi connectivity index (χ3n) is 2.83. The van der Waals surface area contributed by atoms with E-state index < -0.39 is 5.97 Å². The fourth-order valence-electron chi connectivity index (χ4n) is 1.90. The van der Waals surface area contributed by atoms with Crippen molar-refractivity contribution in [3.63, 3.8) is 0 Å². The topological polar surface area (TPSA) is 63.7 Å². The van der Waals surface area contributed by atoms with Crippen molar-refractivity contribution in [1.29, 1.82) is 0 Å². The van der Waals surface area contributed by atoms with E-state index in [-0.39, 0.29) is 24.7 Å². The lowest BCUT2D eigenvalue weighted by molar-refractivity contribution is -0.134. The molecule has 1 aliphatic rings. The Morgan fingerprint density at radius 3 is 2.47 bits per heavy atom. The number of carbonyl (C=O) groups is 3. The molecule has 0 spiro atoms. The molecule has 0 saturated carbocycles. The summed E-state index contributed by atoms with van der Waals surface area (Å²) in [5.41, 5.74) is 1.12. The van der Waals surface area contributed by atoms with Crippen LogP contribution in [0.2, 0.25) is 0 Å². The van der Waals surface area contributed by atoms with Gasteiger partial charge in [0.15, 0.2) is 0 Å². The summed E-state index contributed by atoms with van der Waals surface area (Å²) in [5.74, 6) is -0.929. The molecule has 0 radical (unpaired) electrons. The van der Waals surface area contributed by atoms with Gasteiger partial charge in [-0.05, 0) is 17.7 Å². The minimum Gasteiger partial charge on any atom is -0.466 e. The van der Waals surface area contributed by atoms with Gasteiger partial charge in [0.2, 0.25) is 11.8 Å². The molecule has 5 nitrogen and oxygen atoms in total. The number of rotatable bonds is 3. The van der Waals surface area contributed by atoms with Crippen LogP contribution in [-0.2, 0) is 19.1 Å². The van der Waals surface area contributed by atoms with E-state index in [0.717, 1.165) is 4.90 Å². The van der Waals surface area contributed by atoms with Crippen LogP contribution in [0.15, 0.2) is 30.3 Å². The molecular weight excluding hydrogens is 246 g/mol. The average Bonchev–Trinajstić information content (AvgIpc) is 2.76. The number of hydrogen-bond donors (Lipinski definition) is 0. The molecule has 0 bridgehead atoms. The summed E-state index contributed by atoms with van der Waals surface area (Å²) in [6.07, 6.45) is 3.24. The van der Waals surface area contributed by atoms with Crippen LogP contribution in [0, 0.1) is 0 Å². The van der Waals surface area contributed by atoms with E-state index in [0.29, 0.717) is 11.3 Å². The van der Waals surface area contributed by atoms with Crippen molar-refractivity contribution in [3.05, 3.63) is 35.9 Å². The minimum absolute atomic E-state index is 0.219. The van der Waals surface area contributed by atoms with Gasteiger partial charge in [0, 0.05) is 18.9 Å². The number of imide groups is 1. The molecule has 1 aromatic rings. The highest BCUT2D eigenvalue weighted by Gasteiger charge is 2.31. The first-order valence-corrected chi connectivity index (χ1v) is 5.84. The lowest BCUT2D eigenvalue weighted by Gasteiger charge is -2.16. The van der Waals surface area contributed by atoms with Gasteiger partial charge in [0.05, 0.1) is 12.8 Å². The molecule has 1 heterocycles. The van der Waals surface area contributed by atoms with Gasteiger partial charge in [0.1, 0.15) is 0 Å². The van der Waals surface area contributed by atoms with E-state index >= 15 is 0 Å². The lowest BCUT2D eigenvalue weighted by atomic mass is 10.1. The molecule has 2 rings (SSSR count). The van der Waals surface area contributed by atoms with Gasteiger partial charge in [0.25, 0.3) is 0 Å². The van der Waals surface area contributed by atoms with Gasteiger partial charge < -0.3 is 4.74 Å². The zero-order chi connectivity index (χ0) is 13.8. The number of carbonyl (C=O) groups excluding carboxylic acids is 3. The number of methoxy groups -OCH3 is 1. The van der Waals surface area contributed by atoms with Crippen LogP contribution in [-0.4, -0.2) is 24.9 Å². The predicted octanol–water partition coefficient (Wildman–Crippen LogP) is 1.53. The Morgan fingerprint density at radius 2 is 1.84 bits per heavy atom. The monoisotopic (exact) mass is 259 g/mol. The summed E-state index contributed by atoms with van der Waals surface area (Å²) in [4.78, 5) is 35.7. The van der Waals surface area contributed by atoms with Gasteiger partial charge in [-0.25, -0.2) is 9.69 Å². The number of amides is 2. The predicted molar refractivity (Wildman–Crippen MR) is 69.2 cm³/mol. The second-order valence-electron chi connectivity index (χ2n) is 4.04. The molecule has 0 N–H and O–H groups in total. The van der Waals surface area contributed by atoms with Crippen LogP contribution < -0.4 is 4.90 Å². The summed E-state index contributed by atoms with van der Waals surface area (Å²) in [7, 11) is 1.28. The van der Waals surface area contributed by atoms with Crippen molar-refractivity contribution in [2.75, 3.05) is 12.0 Å². The van der Waals surface area contributed by atoms with Gasteiger partial charge in [-0.15, -0.1) is 0 Å². The maximum Gasteiger partial charge on any atom is 0.330 e. The molecule has 19 heavy (non-hydrogen) atoms. The molecule has 0 aromatic heterocycles. The maximum atomic E-state index is 11.7. The summed E-state index contributed by atoms with van der Waals surface area (Å²) >= 11 is 0. The average molecular weight is 259 g/mol. The summed E-state index contributed by atoms with van der Waals surface area (Å²) in [6, 6.07) is 6.92. The molecule has 1 fully saturated rings. The van der Waals surface area contributed by atoms with Crippen molar-refractivity contribution >= 4 is 29.5 Å². The van der Waals surface area contributed by atoms with E-state index in [9.17, 15) is 14.4 Å². The SMILES string of the molecule is COC(=O)/C=C/c1ccccc1N1C(=O)CCC1=O. The van der Waals surface area contributed by atoms with Gasteiger partial charge in [-0.2, -0.15) is 0 Å². The largest absolute Gasteiger partial charge is 0.466 e. The molecule has 2 amide bonds. The van der Waals surface area contributed by atoms with E-state index in [4.69, 9.17) is 0 Å². The number of anilines is 1. The first-order valence-electron chi connectivity index (χ1n) is 5.84. The molecule has 0 atom stereocenters. The molecule has 1 aromatic carbocycles. The molecule has 98 valence electrons. The zero-order valence-electron chi connectivity index (χ0n) is 10.5. The molecule has 0 aliphatic carbocycles. The van der Waals surface area contributed by atoms with Crippen LogP contribution in [0.3, 0.4) is 0 Å². The van der Waals surface area contributed by atoms with Gasteiger partial charge in [-0.1, -0.05) is 18.2 Å². The van der Waals surface area contributed by atoms with Crippen LogP contribution in [0.25, 0.3) is 6.08 Å². The maximum absolute atomic E-state index is 11.7. The molecular formula is C14H13NO4. The first-order chi connectivity index (χ1) is 9.13. The van der Waals surface area contributed by atoms with E-state index in [1.165, 1.54) is 19.3 Å². The van der Waals surface area contributed by atoms with Crippen LogP contribution >= 0.6 is 0 Å². The highest BCUT2D eigenvalue weighted by atomic mass is 16.5. The fourth-order valence-corrected chi connectivity index (χ4v) is 1.90. The number of ether oxygens (including phenoxy) is 1. The Balaban J connectivity index is 2.36. The first kappa shape index (κ1) is 13.0. The van der Waals surface area contributed by atoms with E-state index in [1.54, 1.807) is 24.3 Å². The second-order valence-corrected chi connectivity index (χ2v) is 4.04. The van der Waals surface area contributed by atoms with Crippen molar-refractivity contribution in [2.24, 2.45) is 0 Å². The van der Waals surface area contributed by atoms with Crippen LogP contribution in [0.4, 0.5) is 5.69 Å². The molecule has 1 aliphatic heterocycles. The normalized spacial score (nSPS) is 15.3. The standard InChI is InChI=1S/C14H13NO4/c1-19-14(18)9-6-10-4-2-3-5-11(10)15-12(16)7-8-13(15)17/h2-6,9H,7-8H2,1H3/b9-6+. The van der Waals surface area contributed by atoms with Crippen molar-refractivity contribution < 1.29 is 19.1 Å². The number of hydrogen-bond acceptors (Lipinski definition) is 4. The lowest BCUT2D eigenvalue weighted by Crippen LogP contribution is -2.29. The fraction of sp³-hybridized carbons (Fsp3) is 0.214. The zero-order valence-corrected chi connectivity index (χ0v) is 10.5. The number of nitrogens with zero attached hydrogens (tertiary/aromatic N) is 1. The smallest absolute Gasteiger partial charge is 0.330 e. The Bertz CT molecular complexity index is 546. The molecule has 1 saturated heterocycles. The van der Waals surface area contributed by atoms with E-state index in [2.05, 4.69) is 4.74 Å². The minimum atomic E-state index is -0.492. The van der Waals surface area contributed by atoms with Crippen molar-refractivity contribution in [3.8, 4) is 0 Å². The quantitative estimate of drug-likeness (QED) is 0.469. The van der Waals surface area contributed by atoms with Crippen molar-refractivity contribution in [2.45, 2.75) is 12.8 Å². The van der Waals surface area contributed by atoms with Gasteiger partial charge >= 0.3 is 5.97 Å². The van der Waals surface area contributed by atoms with Gasteiger partial charge in [-0.3, -0.25) is 9.59 Å². The van der Waals surface area contributed by atoms with Crippen molar-refractivity contribution in [1.82, 2.24) is 0 Å². The Kier molecular flexibility index (Phi) is 3.75. The number of esters is 1. The third kappa shape index (κ3) is 2.70. The number of benzene rings is 1. The Labute approximate surface area is 110 Å². The molecule has 5 heteroatoms. The third-order valence-corrected chi connectivity index (χ3v) is 2.83. The highest BCUT2D eigenvalue weighted by molar-refractivity contribution is 6.20. The Hall–Kier alpha value is -2.43. The highest BCUT2D eigenvalue weighted by Crippen LogP contribution is 2.27. The summed E-state index contributed by atoms with van der Waals surface area (Å²) in [6.45, 7) is 0. The number of para-hydroxylation sites is 1. The summed E-state index contributed by atoms with van der Waals surface area (Å²) in [5, 5.41) is 0. The summed E-state index contributed by atoms with van der Waals surface area (Å²) < 4.78 is 4.51. The Morgan fingerprint density at radius 1 is 1.21 bits per heavy atom. The molecule has 0 unspecified atom stereocenters.